The van der Waals surface area contributed by atoms with Gasteiger partial charge in [-0.05, 0) is 18.8 Å². The van der Waals surface area contributed by atoms with Crippen molar-refractivity contribution in [2.75, 3.05) is 27.4 Å². The number of hydrogen-bond acceptors (Lipinski definition) is 4. The van der Waals surface area contributed by atoms with Gasteiger partial charge in [-0.25, -0.2) is 4.68 Å². The van der Waals surface area contributed by atoms with Crippen molar-refractivity contribution in [3.63, 3.8) is 0 Å². The van der Waals surface area contributed by atoms with Gasteiger partial charge in [-0.1, -0.05) is 13.8 Å². The fourth-order valence-electron chi connectivity index (χ4n) is 2.13. The van der Waals surface area contributed by atoms with Crippen molar-refractivity contribution >= 4 is 0 Å². The molecule has 0 amide bonds. The van der Waals surface area contributed by atoms with Crippen LogP contribution in [0.4, 0.5) is 0 Å². The number of rotatable bonds is 8. The van der Waals surface area contributed by atoms with E-state index in [1.165, 1.54) is 0 Å². The number of aryl methyl sites for hydroxylation is 2. The zero-order chi connectivity index (χ0) is 14.5. The molecule has 1 rings (SSSR count). The van der Waals surface area contributed by atoms with Gasteiger partial charge >= 0.3 is 0 Å². The molecule has 0 aliphatic rings. The van der Waals surface area contributed by atoms with Crippen LogP contribution in [0.15, 0.2) is 0 Å². The number of nitrogens with zero attached hydrogens (tertiary/aromatic N) is 2. The minimum atomic E-state index is 0.222. The number of hydrogen-bond donors (Lipinski definition) is 1. The van der Waals surface area contributed by atoms with Gasteiger partial charge in [-0.3, -0.25) is 0 Å². The van der Waals surface area contributed by atoms with E-state index in [0.717, 1.165) is 43.3 Å². The molecule has 5 heteroatoms. The highest BCUT2D eigenvalue weighted by molar-refractivity contribution is 5.30. The maximum absolute atomic E-state index is 5.38. The highest BCUT2D eigenvalue weighted by atomic mass is 16.5. The molecule has 110 valence electrons. The van der Waals surface area contributed by atoms with Crippen LogP contribution in [0, 0.1) is 12.3 Å². The molecule has 0 radical (unpaired) electrons. The summed E-state index contributed by atoms with van der Waals surface area (Å²) in [4.78, 5) is 0. The molecule has 0 aliphatic carbocycles. The van der Waals surface area contributed by atoms with Crippen molar-refractivity contribution in [2.24, 2.45) is 12.5 Å². The standard InChI is InChI=1S/C14H27N3O2/c1-11-12(13(19-6)17(4)16-11)9-15-10-14(2,3)7-8-18-5/h15H,7-10H2,1-6H3. The quantitative estimate of drug-likeness (QED) is 0.783. The second-order valence-electron chi connectivity index (χ2n) is 5.71. The summed E-state index contributed by atoms with van der Waals surface area (Å²) in [6.45, 7) is 9.01. The number of aromatic nitrogens is 2. The second-order valence-corrected chi connectivity index (χ2v) is 5.71. The van der Waals surface area contributed by atoms with Crippen molar-refractivity contribution in [2.45, 2.75) is 33.7 Å². The third kappa shape index (κ3) is 4.51. The molecular weight excluding hydrogens is 242 g/mol. The molecule has 0 saturated carbocycles. The third-order valence-corrected chi connectivity index (χ3v) is 3.37. The minimum Gasteiger partial charge on any atom is -0.481 e. The number of methoxy groups -OCH3 is 2. The highest BCUT2D eigenvalue weighted by Gasteiger charge is 2.18. The van der Waals surface area contributed by atoms with E-state index in [2.05, 4.69) is 24.3 Å². The summed E-state index contributed by atoms with van der Waals surface area (Å²) < 4.78 is 12.3. The molecule has 1 N–H and O–H groups in total. The van der Waals surface area contributed by atoms with Crippen LogP contribution in [0.5, 0.6) is 5.88 Å². The zero-order valence-electron chi connectivity index (χ0n) is 13.0. The molecule has 0 aromatic carbocycles. The maximum atomic E-state index is 5.38. The summed E-state index contributed by atoms with van der Waals surface area (Å²) in [7, 11) is 5.33. The lowest BCUT2D eigenvalue weighted by Crippen LogP contribution is -2.30. The third-order valence-electron chi connectivity index (χ3n) is 3.37. The molecule has 1 aromatic rings. The van der Waals surface area contributed by atoms with Crippen molar-refractivity contribution in [1.29, 1.82) is 0 Å². The molecular formula is C14H27N3O2. The van der Waals surface area contributed by atoms with Crippen LogP contribution in [-0.4, -0.2) is 37.2 Å². The predicted molar refractivity (Wildman–Crippen MR) is 76.5 cm³/mol. The van der Waals surface area contributed by atoms with Gasteiger partial charge in [0.05, 0.1) is 18.4 Å². The number of nitrogens with one attached hydrogen (secondary N) is 1. The normalized spacial score (nSPS) is 11.9. The lowest BCUT2D eigenvalue weighted by atomic mass is 9.89. The van der Waals surface area contributed by atoms with Gasteiger partial charge in [0.15, 0.2) is 0 Å². The molecule has 0 bridgehead atoms. The Labute approximate surface area is 116 Å². The molecule has 0 spiro atoms. The molecule has 1 heterocycles. The molecule has 0 unspecified atom stereocenters. The smallest absolute Gasteiger partial charge is 0.216 e. The Morgan fingerprint density at radius 2 is 2.00 bits per heavy atom. The zero-order valence-corrected chi connectivity index (χ0v) is 13.0. The Bertz CT molecular complexity index is 400. The monoisotopic (exact) mass is 269 g/mol. The van der Waals surface area contributed by atoms with Crippen LogP contribution in [0.2, 0.25) is 0 Å². The first kappa shape index (κ1) is 16.0. The van der Waals surface area contributed by atoms with Gasteiger partial charge in [0.25, 0.3) is 0 Å². The Morgan fingerprint density at radius 1 is 1.32 bits per heavy atom. The van der Waals surface area contributed by atoms with E-state index in [-0.39, 0.29) is 5.41 Å². The predicted octanol–water partition coefficient (Wildman–Crippen LogP) is 1.89. The van der Waals surface area contributed by atoms with E-state index in [1.807, 2.05) is 14.0 Å². The SMILES string of the molecule is COCCC(C)(C)CNCc1c(C)nn(C)c1OC. The lowest BCUT2D eigenvalue weighted by molar-refractivity contribution is 0.150. The molecule has 19 heavy (non-hydrogen) atoms. The van der Waals surface area contributed by atoms with Crippen LogP contribution in [0.1, 0.15) is 31.5 Å². The molecule has 1 aromatic heterocycles. The van der Waals surface area contributed by atoms with Crippen molar-refractivity contribution in [3.8, 4) is 5.88 Å². The Kier molecular flexibility index (Phi) is 5.82. The van der Waals surface area contributed by atoms with Gasteiger partial charge < -0.3 is 14.8 Å². The first-order chi connectivity index (χ1) is 8.91. The first-order valence-corrected chi connectivity index (χ1v) is 6.67. The summed E-state index contributed by atoms with van der Waals surface area (Å²) in [6, 6.07) is 0. The van der Waals surface area contributed by atoms with Crippen LogP contribution in [-0.2, 0) is 18.3 Å². The molecule has 0 saturated heterocycles. The molecule has 0 atom stereocenters. The molecule has 0 aliphatic heterocycles. The minimum absolute atomic E-state index is 0.222. The first-order valence-electron chi connectivity index (χ1n) is 6.67. The van der Waals surface area contributed by atoms with E-state index in [9.17, 15) is 0 Å². The van der Waals surface area contributed by atoms with Gasteiger partial charge in [0.1, 0.15) is 0 Å². The molecule has 0 fully saturated rings. The van der Waals surface area contributed by atoms with E-state index in [1.54, 1.807) is 18.9 Å². The van der Waals surface area contributed by atoms with Crippen LogP contribution in [0.3, 0.4) is 0 Å². The van der Waals surface area contributed by atoms with E-state index < -0.39 is 0 Å². The van der Waals surface area contributed by atoms with Crippen LogP contribution >= 0.6 is 0 Å². The average molecular weight is 269 g/mol. The van der Waals surface area contributed by atoms with Gasteiger partial charge in [0, 0.05) is 33.9 Å². The average Bonchev–Trinajstić information content (AvgIpc) is 2.61. The van der Waals surface area contributed by atoms with E-state index in [4.69, 9.17) is 9.47 Å². The maximum Gasteiger partial charge on any atom is 0.216 e. The Morgan fingerprint density at radius 3 is 2.58 bits per heavy atom. The van der Waals surface area contributed by atoms with Crippen molar-refractivity contribution in [1.82, 2.24) is 15.1 Å². The van der Waals surface area contributed by atoms with Gasteiger partial charge in [0.2, 0.25) is 5.88 Å². The summed E-state index contributed by atoms with van der Waals surface area (Å²) in [6.07, 6.45) is 1.04. The summed E-state index contributed by atoms with van der Waals surface area (Å²) in [5.41, 5.74) is 2.37. The lowest BCUT2D eigenvalue weighted by Gasteiger charge is -2.24. The van der Waals surface area contributed by atoms with Crippen molar-refractivity contribution < 1.29 is 9.47 Å². The van der Waals surface area contributed by atoms with Crippen molar-refractivity contribution in [3.05, 3.63) is 11.3 Å². The van der Waals surface area contributed by atoms with Crippen LogP contribution in [0.25, 0.3) is 0 Å². The van der Waals surface area contributed by atoms with Gasteiger partial charge in [-0.2, -0.15) is 5.10 Å². The summed E-state index contributed by atoms with van der Waals surface area (Å²) >= 11 is 0. The van der Waals surface area contributed by atoms with Gasteiger partial charge in [-0.15, -0.1) is 0 Å². The van der Waals surface area contributed by atoms with E-state index in [0.29, 0.717) is 0 Å². The largest absolute Gasteiger partial charge is 0.481 e. The summed E-state index contributed by atoms with van der Waals surface area (Å²) in [5, 5.41) is 7.87. The van der Waals surface area contributed by atoms with E-state index >= 15 is 0 Å². The summed E-state index contributed by atoms with van der Waals surface area (Å²) in [5.74, 6) is 0.833. The number of ether oxygens (including phenoxy) is 2. The van der Waals surface area contributed by atoms with Crippen LogP contribution < -0.4 is 10.1 Å². The highest BCUT2D eigenvalue weighted by Crippen LogP contribution is 2.22. The second kappa shape index (κ2) is 6.91. The Hall–Kier alpha value is -1.07. The fraction of sp³-hybridized carbons (Fsp3) is 0.786. The topological polar surface area (TPSA) is 48.3 Å². The molecule has 5 nitrogen and oxygen atoms in total. The fourth-order valence-corrected chi connectivity index (χ4v) is 2.13. The Balaban J connectivity index is 2.53.